The van der Waals surface area contributed by atoms with Gasteiger partial charge in [0, 0.05) is 43.6 Å². The number of aromatic hydroxyl groups is 1. The first-order chi connectivity index (χ1) is 14.5. The molecule has 4 rings (SSSR count). The number of hydrogen-bond donors (Lipinski definition) is 1. The predicted octanol–water partition coefficient (Wildman–Crippen LogP) is 3.26. The molecule has 0 atom stereocenters. The SMILES string of the molecule is COc1ccc(N2CCN(c3ccc(-n4c(O)cn(C(C)C)c4=O)cc3)CC2)cc1. The summed E-state index contributed by atoms with van der Waals surface area (Å²) in [6.45, 7) is 7.54. The Morgan fingerprint density at radius 2 is 1.30 bits per heavy atom. The minimum atomic E-state index is -0.233. The van der Waals surface area contributed by atoms with Crippen molar-refractivity contribution in [2.75, 3.05) is 43.1 Å². The van der Waals surface area contributed by atoms with E-state index in [1.165, 1.54) is 21.0 Å². The molecule has 0 radical (unpaired) electrons. The summed E-state index contributed by atoms with van der Waals surface area (Å²) in [6.07, 6.45) is 1.49. The lowest BCUT2D eigenvalue weighted by Gasteiger charge is -2.37. The Labute approximate surface area is 176 Å². The van der Waals surface area contributed by atoms with Crippen LogP contribution in [0.4, 0.5) is 11.4 Å². The molecule has 0 amide bonds. The molecule has 1 aliphatic rings. The van der Waals surface area contributed by atoms with E-state index in [1.54, 1.807) is 7.11 Å². The second-order valence-corrected chi connectivity index (χ2v) is 7.79. The molecule has 1 saturated heterocycles. The van der Waals surface area contributed by atoms with Gasteiger partial charge in [-0.15, -0.1) is 0 Å². The zero-order valence-electron chi connectivity index (χ0n) is 17.7. The van der Waals surface area contributed by atoms with Gasteiger partial charge in [-0.3, -0.25) is 4.57 Å². The first-order valence-corrected chi connectivity index (χ1v) is 10.2. The van der Waals surface area contributed by atoms with E-state index in [9.17, 15) is 9.90 Å². The molecule has 0 bridgehead atoms. The van der Waals surface area contributed by atoms with Crippen LogP contribution >= 0.6 is 0 Å². The summed E-state index contributed by atoms with van der Waals surface area (Å²) >= 11 is 0. The maximum Gasteiger partial charge on any atom is 0.335 e. The molecule has 1 fully saturated rings. The van der Waals surface area contributed by atoms with Crippen LogP contribution in [0.25, 0.3) is 5.69 Å². The summed E-state index contributed by atoms with van der Waals surface area (Å²) in [5.74, 6) is 0.820. The van der Waals surface area contributed by atoms with E-state index in [-0.39, 0.29) is 17.6 Å². The van der Waals surface area contributed by atoms with Gasteiger partial charge < -0.3 is 19.6 Å². The minimum Gasteiger partial charge on any atom is -0.497 e. The van der Waals surface area contributed by atoms with Gasteiger partial charge in [0.05, 0.1) is 19.0 Å². The zero-order chi connectivity index (χ0) is 21.3. The van der Waals surface area contributed by atoms with Gasteiger partial charge >= 0.3 is 5.69 Å². The van der Waals surface area contributed by atoms with E-state index in [4.69, 9.17) is 4.74 Å². The van der Waals surface area contributed by atoms with Crippen LogP contribution in [0.2, 0.25) is 0 Å². The van der Waals surface area contributed by atoms with Crippen LogP contribution in [-0.4, -0.2) is 47.5 Å². The summed E-state index contributed by atoms with van der Waals surface area (Å²) in [5, 5.41) is 10.2. The Hall–Kier alpha value is -3.35. The van der Waals surface area contributed by atoms with E-state index in [0.29, 0.717) is 5.69 Å². The van der Waals surface area contributed by atoms with Gasteiger partial charge in [-0.1, -0.05) is 0 Å². The molecule has 1 aromatic heterocycles. The largest absolute Gasteiger partial charge is 0.497 e. The van der Waals surface area contributed by atoms with Crippen LogP contribution in [0.15, 0.2) is 59.5 Å². The van der Waals surface area contributed by atoms with Gasteiger partial charge in [-0.25, -0.2) is 9.36 Å². The second kappa shape index (κ2) is 8.18. The van der Waals surface area contributed by atoms with E-state index < -0.39 is 0 Å². The number of benzene rings is 2. The topological polar surface area (TPSA) is 62.9 Å². The number of piperazine rings is 1. The number of hydrogen-bond acceptors (Lipinski definition) is 5. The molecule has 1 N–H and O–H groups in total. The monoisotopic (exact) mass is 408 g/mol. The molecule has 7 nitrogen and oxygen atoms in total. The molecule has 0 spiro atoms. The van der Waals surface area contributed by atoms with Crippen molar-refractivity contribution >= 4 is 11.4 Å². The van der Waals surface area contributed by atoms with Crippen molar-refractivity contribution < 1.29 is 9.84 Å². The molecule has 30 heavy (non-hydrogen) atoms. The van der Waals surface area contributed by atoms with E-state index in [0.717, 1.165) is 37.6 Å². The fourth-order valence-electron chi connectivity index (χ4n) is 3.89. The highest BCUT2D eigenvalue weighted by atomic mass is 16.5. The normalized spacial score (nSPS) is 14.4. The molecule has 3 aromatic rings. The number of ether oxygens (including phenoxy) is 1. The van der Waals surface area contributed by atoms with Crippen LogP contribution in [0.1, 0.15) is 19.9 Å². The van der Waals surface area contributed by atoms with Crippen LogP contribution in [-0.2, 0) is 0 Å². The first-order valence-electron chi connectivity index (χ1n) is 10.2. The van der Waals surface area contributed by atoms with Gasteiger partial charge in [0.15, 0.2) is 0 Å². The van der Waals surface area contributed by atoms with Crippen LogP contribution in [0, 0.1) is 0 Å². The van der Waals surface area contributed by atoms with Crippen molar-refractivity contribution in [1.82, 2.24) is 9.13 Å². The standard InChI is InChI=1S/C23H28N4O3/c1-17(2)26-16-22(28)27(23(26)29)20-6-4-18(5-7-20)24-12-14-25(15-13-24)19-8-10-21(30-3)11-9-19/h4-11,16-17,28H,12-15H2,1-3H3. The minimum absolute atomic E-state index is 0.00841. The molecule has 158 valence electrons. The van der Waals surface area contributed by atoms with Crippen molar-refractivity contribution in [2.45, 2.75) is 19.9 Å². The third-order valence-corrected chi connectivity index (χ3v) is 5.64. The number of methoxy groups -OCH3 is 1. The summed E-state index contributed by atoms with van der Waals surface area (Å²) in [4.78, 5) is 17.3. The molecule has 1 aliphatic heterocycles. The fourth-order valence-corrected chi connectivity index (χ4v) is 3.89. The highest BCUT2D eigenvalue weighted by Crippen LogP contribution is 2.24. The lowest BCUT2D eigenvalue weighted by Crippen LogP contribution is -2.46. The van der Waals surface area contributed by atoms with Crippen molar-refractivity contribution in [3.63, 3.8) is 0 Å². The fraction of sp³-hybridized carbons (Fsp3) is 0.348. The van der Waals surface area contributed by atoms with E-state index in [2.05, 4.69) is 21.9 Å². The number of rotatable bonds is 5. The quantitative estimate of drug-likeness (QED) is 0.702. The van der Waals surface area contributed by atoms with Crippen molar-refractivity contribution in [3.8, 4) is 17.3 Å². The number of anilines is 2. The number of aromatic nitrogens is 2. The van der Waals surface area contributed by atoms with E-state index >= 15 is 0 Å². The van der Waals surface area contributed by atoms with Crippen molar-refractivity contribution in [2.24, 2.45) is 0 Å². The lowest BCUT2D eigenvalue weighted by molar-refractivity contribution is 0.415. The molecule has 0 saturated carbocycles. The van der Waals surface area contributed by atoms with Gasteiger partial charge in [0.2, 0.25) is 5.88 Å². The molecule has 2 heterocycles. The van der Waals surface area contributed by atoms with Crippen molar-refractivity contribution in [1.29, 1.82) is 0 Å². The zero-order valence-corrected chi connectivity index (χ0v) is 17.7. The Bertz CT molecular complexity index is 1040. The summed E-state index contributed by atoms with van der Waals surface area (Å²) in [6, 6.07) is 16.0. The Balaban J connectivity index is 1.45. The maximum absolute atomic E-state index is 12.6. The van der Waals surface area contributed by atoms with E-state index in [1.807, 2.05) is 50.2 Å². The summed E-state index contributed by atoms with van der Waals surface area (Å²) in [5.41, 5.74) is 2.75. The molecule has 0 aliphatic carbocycles. The van der Waals surface area contributed by atoms with Gasteiger partial charge in [0.1, 0.15) is 5.75 Å². The molecule has 0 unspecified atom stereocenters. The van der Waals surface area contributed by atoms with Crippen LogP contribution in [0.3, 0.4) is 0 Å². The second-order valence-electron chi connectivity index (χ2n) is 7.79. The lowest BCUT2D eigenvalue weighted by atomic mass is 10.2. The summed E-state index contributed by atoms with van der Waals surface area (Å²) in [7, 11) is 1.68. The Morgan fingerprint density at radius 1 is 0.833 bits per heavy atom. The van der Waals surface area contributed by atoms with Crippen molar-refractivity contribution in [3.05, 3.63) is 65.2 Å². The molecular weight excluding hydrogens is 380 g/mol. The average Bonchev–Trinajstić information content (AvgIpc) is 3.08. The van der Waals surface area contributed by atoms with Gasteiger partial charge in [-0.2, -0.15) is 0 Å². The van der Waals surface area contributed by atoms with Crippen LogP contribution in [0.5, 0.6) is 11.6 Å². The highest BCUT2D eigenvalue weighted by Gasteiger charge is 2.19. The summed E-state index contributed by atoms with van der Waals surface area (Å²) < 4.78 is 8.10. The van der Waals surface area contributed by atoms with Gasteiger partial charge in [0.25, 0.3) is 0 Å². The third-order valence-electron chi connectivity index (χ3n) is 5.64. The maximum atomic E-state index is 12.6. The Morgan fingerprint density at radius 3 is 1.73 bits per heavy atom. The number of imidazole rings is 1. The smallest absolute Gasteiger partial charge is 0.335 e. The molecular formula is C23H28N4O3. The molecule has 7 heteroatoms. The highest BCUT2D eigenvalue weighted by molar-refractivity contribution is 5.55. The first kappa shape index (κ1) is 19.9. The number of nitrogens with zero attached hydrogens (tertiary/aromatic N) is 4. The average molecular weight is 409 g/mol. The predicted molar refractivity (Wildman–Crippen MR) is 119 cm³/mol. The molecule has 2 aromatic carbocycles. The Kier molecular flexibility index (Phi) is 5.44. The third kappa shape index (κ3) is 3.75. The van der Waals surface area contributed by atoms with Gasteiger partial charge in [-0.05, 0) is 62.4 Å². The van der Waals surface area contributed by atoms with Crippen LogP contribution < -0.4 is 20.2 Å².